The molecule has 0 aromatic carbocycles. The molecule has 0 saturated carbocycles. The van der Waals surface area contributed by atoms with Crippen molar-refractivity contribution in [3.8, 4) is 5.95 Å². The standard InChI is InChI=1S/C20H24N6O2/c1-15-10-19(24-20(23-15)26-8-6-22-14-26)25(2)7-3-5-21-12-16-11-18-17(28-13-16)4-9-27-18/h4,6,8,10-11,13-14,21H,3,5,7,9,12H2,1-2H3. The lowest BCUT2D eigenvalue weighted by Gasteiger charge is -2.19. The average Bonchev–Trinajstić information content (AvgIpc) is 3.38. The summed E-state index contributed by atoms with van der Waals surface area (Å²) in [5, 5.41) is 3.45. The first kappa shape index (κ1) is 18.2. The summed E-state index contributed by atoms with van der Waals surface area (Å²) in [4.78, 5) is 15.3. The number of aromatic nitrogens is 4. The van der Waals surface area contributed by atoms with Crippen LogP contribution in [-0.4, -0.2) is 52.8 Å². The Balaban J connectivity index is 1.24. The molecular formula is C20H24N6O2. The second kappa shape index (κ2) is 8.26. The van der Waals surface area contributed by atoms with E-state index in [1.165, 1.54) is 0 Å². The van der Waals surface area contributed by atoms with Crippen LogP contribution in [0, 0.1) is 6.92 Å². The van der Waals surface area contributed by atoms with Gasteiger partial charge in [-0.05, 0) is 32.0 Å². The van der Waals surface area contributed by atoms with Crippen LogP contribution in [0.1, 0.15) is 12.1 Å². The van der Waals surface area contributed by atoms with E-state index in [-0.39, 0.29) is 0 Å². The van der Waals surface area contributed by atoms with Crippen molar-refractivity contribution in [2.75, 3.05) is 38.2 Å². The van der Waals surface area contributed by atoms with Gasteiger partial charge in [-0.25, -0.2) is 9.97 Å². The molecule has 4 heterocycles. The Bertz CT molecular complexity index is 917. The van der Waals surface area contributed by atoms with E-state index >= 15 is 0 Å². The maximum Gasteiger partial charge on any atom is 0.237 e. The summed E-state index contributed by atoms with van der Waals surface area (Å²) in [6, 6.07) is 2.00. The van der Waals surface area contributed by atoms with E-state index in [0.29, 0.717) is 12.6 Å². The number of anilines is 1. The smallest absolute Gasteiger partial charge is 0.237 e. The number of fused-ring (bicyclic) bond motifs is 1. The van der Waals surface area contributed by atoms with Crippen molar-refractivity contribution in [3.63, 3.8) is 0 Å². The van der Waals surface area contributed by atoms with Gasteiger partial charge in [0.25, 0.3) is 0 Å². The molecule has 2 aliphatic rings. The van der Waals surface area contributed by atoms with Crippen molar-refractivity contribution in [2.45, 2.75) is 13.3 Å². The Morgan fingerprint density at radius 3 is 3.07 bits per heavy atom. The highest BCUT2D eigenvalue weighted by Crippen LogP contribution is 2.25. The summed E-state index contributed by atoms with van der Waals surface area (Å²) in [5.41, 5.74) is 2.01. The molecule has 0 atom stereocenters. The maximum absolute atomic E-state index is 5.56. The van der Waals surface area contributed by atoms with E-state index in [1.807, 2.05) is 43.0 Å². The fraction of sp³-hybridized carbons (Fsp3) is 0.350. The Morgan fingerprint density at radius 1 is 1.29 bits per heavy atom. The minimum atomic E-state index is 0.590. The molecule has 0 aliphatic carbocycles. The van der Waals surface area contributed by atoms with Crippen LogP contribution in [0.4, 0.5) is 5.82 Å². The second-order valence-corrected chi connectivity index (χ2v) is 6.79. The Hall–Kier alpha value is -3.13. The van der Waals surface area contributed by atoms with Gasteiger partial charge in [-0.2, -0.15) is 4.98 Å². The number of nitrogens with one attached hydrogen (secondary N) is 1. The monoisotopic (exact) mass is 380 g/mol. The minimum Gasteiger partial charge on any atom is -0.485 e. The van der Waals surface area contributed by atoms with Gasteiger partial charge in [0.2, 0.25) is 5.95 Å². The van der Waals surface area contributed by atoms with Crippen LogP contribution in [0.25, 0.3) is 5.95 Å². The number of nitrogens with zero attached hydrogens (tertiary/aromatic N) is 5. The second-order valence-electron chi connectivity index (χ2n) is 6.79. The lowest BCUT2D eigenvalue weighted by Crippen LogP contribution is -2.26. The van der Waals surface area contributed by atoms with Gasteiger partial charge in [-0.15, -0.1) is 0 Å². The van der Waals surface area contributed by atoms with Crippen molar-refractivity contribution in [1.29, 1.82) is 0 Å². The van der Waals surface area contributed by atoms with Crippen LogP contribution in [0.2, 0.25) is 0 Å². The van der Waals surface area contributed by atoms with E-state index in [1.54, 1.807) is 18.8 Å². The Morgan fingerprint density at radius 2 is 2.21 bits per heavy atom. The average molecular weight is 380 g/mol. The van der Waals surface area contributed by atoms with Gasteiger partial charge in [-0.1, -0.05) is 0 Å². The summed E-state index contributed by atoms with van der Waals surface area (Å²) < 4.78 is 12.9. The fourth-order valence-corrected chi connectivity index (χ4v) is 3.05. The molecule has 0 bridgehead atoms. The summed E-state index contributed by atoms with van der Waals surface area (Å²) in [6.45, 7) is 5.10. The summed E-state index contributed by atoms with van der Waals surface area (Å²) in [5.74, 6) is 3.19. The topological polar surface area (TPSA) is 77.3 Å². The van der Waals surface area contributed by atoms with Crippen LogP contribution < -0.4 is 10.2 Å². The minimum absolute atomic E-state index is 0.590. The predicted molar refractivity (Wildman–Crippen MR) is 106 cm³/mol. The van der Waals surface area contributed by atoms with E-state index in [0.717, 1.165) is 54.7 Å². The first-order valence-corrected chi connectivity index (χ1v) is 9.35. The van der Waals surface area contributed by atoms with Gasteiger partial charge in [0.15, 0.2) is 11.5 Å². The molecule has 0 unspecified atom stereocenters. The van der Waals surface area contributed by atoms with Gasteiger partial charge >= 0.3 is 0 Å². The van der Waals surface area contributed by atoms with E-state index in [2.05, 4.69) is 25.2 Å². The molecule has 2 aliphatic heterocycles. The Labute approximate surface area is 164 Å². The van der Waals surface area contributed by atoms with Crippen LogP contribution in [0.15, 0.2) is 60.3 Å². The molecule has 0 radical (unpaired) electrons. The van der Waals surface area contributed by atoms with Crippen molar-refractivity contribution in [3.05, 3.63) is 66.0 Å². The van der Waals surface area contributed by atoms with Crippen LogP contribution in [0.5, 0.6) is 0 Å². The molecule has 28 heavy (non-hydrogen) atoms. The molecule has 2 aromatic rings. The third kappa shape index (κ3) is 4.23. The fourth-order valence-electron chi connectivity index (χ4n) is 3.05. The van der Waals surface area contributed by atoms with Gasteiger partial charge in [0.1, 0.15) is 18.8 Å². The van der Waals surface area contributed by atoms with E-state index in [9.17, 15) is 0 Å². The molecule has 4 rings (SSSR count). The molecule has 8 heteroatoms. The van der Waals surface area contributed by atoms with Crippen molar-refractivity contribution in [2.24, 2.45) is 0 Å². The van der Waals surface area contributed by atoms with Gasteiger partial charge < -0.3 is 19.7 Å². The highest BCUT2D eigenvalue weighted by atomic mass is 16.5. The van der Waals surface area contributed by atoms with Crippen LogP contribution in [-0.2, 0) is 9.47 Å². The highest BCUT2D eigenvalue weighted by Gasteiger charge is 2.18. The molecule has 0 spiro atoms. The normalized spacial score (nSPS) is 15.1. The quantitative estimate of drug-likeness (QED) is 0.703. The van der Waals surface area contributed by atoms with Gasteiger partial charge in [0, 0.05) is 49.9 Å². The van der Waals surface area contributed by atoms with Gasteiger partial charge in [-0.3, -0.25) is 4.57 Å². The zero-order valence-electron chi connectivity index (χ0n) is 16.1. The molecule has 2 aromatic heterocycles. The predicted octanol–water partition coefficient (Wildman–Crippen LogP) is 2.10. The molecule has 0 fully saturated rings. The molecule has 0 saturated heterocycles. The SMILES string of the molecule is Cc1cc(N(C)CCCNCC2=COC3=CCOC3=C2)nc(-n2ccnc2)n1. The van der Waals surface area contributed by atoms with Crippen LogP contribution in [0.3, 0.4) is 0 Å². The number of ether oxygens (including phenoxy) is 2. The van der Waals surface area contributed by atoms with Gasteiger partial charge in [0.05, 0.1) is 6.26 Å². The van der Waals surface area contributed by atoms with E-state index in [4.69, 9.17) is 9.47 Å². The molecule has 1 N–H and O–H groups in total. The van der Waals surface area contributed by atoms with Crippen molar-refractivity contribution in [1.82, 2.24) is 24.8 Å². The van der Waals surface area contributed by atoms with Crippen molar-refractivity contribution < 1.29 is 9.47 Å². The number of hydrogen-bond donors (Lipinski definition) is 1. The number of imidazole rings is 1. The van der Waals surface area contributed by atoms with Crippen molar-refractivity contribution >= 4 is 5.82 Å². The zero-order chi connectivity index (χ0) is 19.3. The molecule has 8 nitrogen and oxygen atoms in total. The number of aryl methyl sites for hydroxylation is 1. The molecule has 146 valence electrons. The molecule has 0 amide bonds. The maximum atomic E-state index is 5.56. The summed E-state index contributed by atoms with van der Waals surface area (Å²) >= 11 is 0. The zero-order valence-corrected chi connectivity index (χ0v) is 16.1. The Kier molecular flexibility index (Phi) is 5.38. The first-order chi connectivity index (χ1) is 13.7. The summed E-state index contributed by atoms with van der Waals surface area (Å²) in [7, 11) is 2.05. The third-order valence-corrected chi connectivity index (χ3v) is 4.54. The molecular weight excluding hydrogens is 356 g/mol. The number of rotatable bonds is 8. The first-order valence-electron chi connectivity index (χ1n) is 9.35. The lowest BCUT2D eigenvalue weighted by molar-refractivity contribution is 0.241. The lowest BCUT2D eigenvalue weighted by atomic mass is 10.2. The van der Waals surface area contributed by atoms with E-state index < -0.39 is 0 Å². The third-order valence-electron chi connectivity index (χ3n) is 4.54. The summed E-state index contributed by atoms with van der Waals surface area (Å²) in [6.07, 6.45) is 12.0. The van der Waals surface area contributed by atoms with Crippen LogP contribution >= 0.6 is 0 Å². The number of hydrogen-bond acceptors (Lipinski definition) is 7. The largest absolute Gasteiger partial charge is 0.485 e. The highest BCUT2D eigenvalue weighted by molar-refractivity contribution is 5.41.